The van der Waals surface area contributed by atoms with Gasteiger partial charge in [0.05, 0.1) is 0 Å². The third kappa shape index (κ3) is 3.49. The van der Waals surface area contributed by atoms with Gasteiger partial charge in [-0.2, -0.15) is 0 Å². The van der Waals surface area contributed by atoms with E-state index in [-0.39, 0.29) is 23.8 Å². The molecule has 0 amide bonds. The molecule has 0 atom stereocenters. The number of carbonyl (C=O) groups is 1. The van der Waals surface area contributed by atoms with Gasteiger partial charge in [0.2, 0.25) is 5.89 Å². The molecule has 0 radical (unpaired) electrons. The van der Waals surface area contributed by atoms with Crippen LogP contribution in [-0.2, 0) is 11.3 Å². The molecule has 1 N–H and O–H groups in total. The van der Waals surface area contributed by atoms with E-state index >= 15 is 0 Å². The lowest BCUT2D eigenvalue weighted by Crippen LogP contribution is -2.05. The van der Waals surface area contributed by atoms with E-state index in [9.17, 15) is 9.90 Å². The summed E-state index contributed by atoms with van der Waals surface area (Å²) in [5, 5.41) is 17.7. The van der Waals surface area contributed by atoms with Crippen molar-refractivity contribution in [1.29, 1.82) is 0 Å². The van der Waals surface area contributed by atoms with Gasteiger partial charge in [0.1, 0.15) is 11.3 Å². The zero-order chi connectivity index (χ0) is 16.2. The van der Waals surface area contributed by atoms with Crippen molar-refractivity contribution in [2.75, 3.05) is 0 Å². The zero-order valence-corrected chi connectivity index (χ0v) is 12.5. The molecule has 0 aliphatic carbocycles. The molecule has 2 aromatic carbocycles. The molecular weight excluding hydrogens is 320 g/mol. The van der Waals surface area contributed by atoms with Crippen LogP contribution >= 0.6 is 11.6 Å². The standard InChI is InChI=1S/C16H11ClN2O4/c17-11-6-7-13(20)12(8-11)16(21)22-9-14-18-19-15(23-14)10-4-2-1-3-5-10/h1-8,20H,9H2. The molecule has 1 heterocycles. The lowest BCUT2D eigenvalue weighted by molar-refractivity contribution is 0.0435. The maximum absolute atomic E-state index is 11.9. The molecular formula is C16H11ClN2O4. The Labute approximate surface area is 136 Å². The van der Waals surface area contributed by atoms with Crippen LogP contribution in [0.3, 0.4) is 0 Å². The molecule has 1 aromatic heterocycles. The van der Waals surface area contributed by atoms with Crippen molar-refractivity contribution >= 4 is 17.6 Å². The fourth-order valence-electron chi connectivity index (χ4n) is 1.89. The Morgan fingerprint density at radius 1 is 1.17 bits per heavy atom. The molecule has 0 saturated heterocycles. The van der Waals surface area contributed by atoms with Gasteiger partial charge in [0.15, 0.2) is 6.61 Å². The van der Waals surface area contributed by atoms with Crippen LogP contribution in [-0.4, -0.2) is 21.3 Å². The first-order chi connectivity index (χ1) is 11.1. The third-order valence-electron chi connectivity index (χ3n) is 2.99. The molecule has 0 saturated carbocycles. The van der Waals surface area contributed by atoms with Crippen LogP contribution < -0.4 is 0 Å². The fourth-order valence-corrected chi connectivity index (χ4v) is 2.06. The van der Waals surface area contributed by atoms with Crippen molar-refractivity contribution in [3.8, 4) is 17.2 Å². The van der Waals surface area contributed by atoms with E-state index in [1.165, 1.54) is 18.2 Å². The SMILES string of the molecule is O=C(OCc1nnc(-c2ccccc2)o1)c1cc(Cl)ccc1O. The van der Waals surface area contributed by atoms with Gasteiger partial charge >= 0.3 is 5.97 Å². The minimum Gasteiger partial charge on any atom is -0.507 e. The van der Waals surface area contributed by atoms with Gasteiger partial charge in [-0.25, -0.2) is 4.79 Å². The number of aromatic nitrogens is 2. The van der Waals surface area contributed by atoms with Crippen molar-refractivity contribution in [2.24, 2.45) is 0 Å². The molecule has 3 aromatic rings. The summed E-state index contributed by atoms with van der Waals surface area (Å²) < 4.78 is 10.5. The van der Waals surface area contributed by atoms with E-state index < -0.39 is 5.97 Å². The quantitative estimate of drug-likeness (QED) is 0.737. The number of aromatic hydroxyl groups is 1. The second kappa shape index (κ2) is 6.50. The number of esters is 1. The predicted octanol–water partition coefficient (Wildman–Crippen LogP) is 3.45. The smallest absolute Gasteiger partial charge is 0.342 e. The number of halogens is 1. The van der Waals surface area contributed by atoms with Crippen LogP contribution in [0.15, 0.2) is 52.9 Å². The van der Waals surface area contributed by atoms with Crippen molar-refractivity contribution in [2.45, 2.75) is 6.61 Å². The minimum atomic E-state index is -0.732. The molecule has 3 rings (SSSR count). The van der Waals surface area contributed by atoms with E-state index in [1.807, 2.05) is 30.3 Å². The summed E-state index contributed by atoms with van der Waals surface area (Å²) in [6.07, 6.45) is 0. The summed E-state index contributed by atoms with van der Waals surface area (Å²) in [5.74, 6) is -0.458. The van der Waals surface area contributed by atoms with Crippen molar-refractivity contribution < 1.29 is 19.1 Å². The van der Waals surface area contributed by atoms with Crippen molar-refractivity contribution in [1.82, 2.24) is 10.2 Å². The largest absolute Gasteiger partial charge is 0.507 e. The Kier molecular flexibility index (Phi) is 4.25. The number of nitrogens with zero attached hydrogens (tertiary/aromatic N) is 2. The van der Waals surface area contributed by atoms with Gasteiger partial charge in [-0.3, -0.25) is 0 Å². The zero-order valence-electron chi connectivity index (χ0n) is 11.8. The number of hydrogen-bond donors (Lipinski definition) is 1. The first-order valence-electron chi connectivity index (χ1n) is 6.67. The summed E-state index contributed by atoms with van der Waals surface area (Å²) in [6, 6.07) is 13.3. The summed E-state index contributed by atoms with van der Waals surface area (Å²) >= 11 is 5.79. The van der Waals surface area contributed by atoms with Crippen LogP contribution in [0.4, 0.5) is 0 Å². The summed E-state index contributed by atoms with van der Waals surface area (Å²) in [6.45, 7) is -0.204. The Hall–Kier alpha value is -2.86. The summed E-state index contributed by atoms with van der Waals surface area (Å²) in [7, 11) is 0. The summed E-state index contributed by atoms with van der Waals surface area (Å²) in [4.78, 5) is 11.9. The molecule has 0 aliphatic heterocycles. The van der Waals surface area contributed by atoms with E-state index in [4.69, 9.17) is 20.8 Å². The van der Waals surface area contributed by atoms with Gasteiger partial charge in [-0.1, -0.05) is 29.8 Å². The second-order valence-electron chi connectivity index (χ2n) is 4.60. The second-order valence-corrected chi connectivity index (χ2v) is 5.04. The Balaban J connectivity index is 1.68. The lowest BCUT2D eigenvalue weighted by atomic mass is 10.2. The number of hydrogen-bond acceptors (Lipinski definition) is 6. The van der Waals surface area contributed by atoms with Crippen LogP contribution in [0.1, 0.15) is 16.2 Å². The molecule has 0 fully saturated rings. The topological polar surface area (TPSA) is 85.5 Å². The predicted molar refractivity (Wildman–Crippen MR) is 82.0 cm³/mol. The number of ether oxygens (including phenoxy) is 1. The van der Waals surface area contributed by atoms with Gasteiger partial charge in [0, 0.05) is 10.6 Å². The van der Waals surface area contributed by atoms with Crippen LogP contribution in [0, 0.1) is 0 Å². The normalized spacial score (nSPS) is 10.5. The highest BCUT2D eigenvalue weighted by atomic mass is 35.5. The first kappa shape index (κ1) is 15.1. The number of phenolic OH excluding ortho intramolecular Hbond substituents is 1. The molecule has 0 spiro atoms. The number of phenols is 1. The van der Waals surface area contributed by atoms with E-state index in [2.05, 4.69) is 10.2 Å². The highest BCUT2D eigenvalue weighted by Crippen LogP contribution is 2.23. The molecule has 0 unspecified atom stereocenters. The van der Waals surface area contributed by atoms with Gasteiger partial charge in [0.25, 0.3) is 5.89 Å². The maximum atomic E-state index is 11.9. The molecule has 0 bridgehead atoms. The molecule has 0 aliphatic rings. The van der Waals surface area contributed by atoms with Crippen LogP contribution in [0.2, 0.25) is 5.02 Å². The van der Waals surface area contributed by atoms with Crippen LogP contribution in [0.5, 0.6) is 5.75 Å². The van der Waals surface area contributed by atoms with E-state index in [0.717, 1.165) is 5.56 Å². The number of carbonyl (C=O) groups excluding carboxylic acids is 1. The van der Waals surface area contributed by atoms with E-state index in [1.54, 1.807) is 0 Å². The van der Waals surface area contributed by atoms with Gasteiger partial charge in [-0.15, -0.1) is 10.2 Å². The Bertz CT molecular complexity index is 833. The highest BCUT2D eigenvalue weighted by Gasteiger charge is 2.15. The van der Waals surface area contributed by atoms with E-state index in [0.29, 0.717) is 10.9 Å². The fraction of sp³-hybridized carbons (Fsp3) is 0.0625. The molecule has 6 nitrogen and oxygen atoms in total. The maximum Gasteiger partial charge on any atom is 0.342 e. The Morgan fingerprint density at radius 2 is 1.96 bits per heavy atom. The molecule has 23 heavy (non-hydrogen) atoms. The first-order valence-corrected chi connectivity index (χ1v) is 7.05. The highest BCUT2D eigenvalue weighted by molar-refractivity contribution is 6.31. The average Bonchev–Trinajstić information content (AvgIpc) is 3.05. The third-order valence-corrected chi connectivity index (χ3v) is 3.23. The molecule has 7 heteroatoms. The van der Waals surface area contributed by atoms with Crippen molar-refractivity contribution in [3.05, 3.63) is 65.0 Å². The number of rotatable bonds is 4. The molecule has 116 valence electrons. The summed E-state index contributed by atoms with van der Waals surface area (Å²) in [5.41, 5.74) is 0.741. The average molecular weight is 331 g/mol. The van der Waals surface area contributed by atoms with Gasteiger partial charge < -0.3 is 14.3 Å². The monoisotopic (exact) mass is 330 g/mol. The van der Waals surface area contributed by atoms with Crippen molar-refractivity contribution in [3.63, 3.8) is 0 Å². The Morgan fingerprint density at radius 3 is 2.74 bits per heavy atom. The van der Waals surface area contributed by atoms with Gasteiger partial charge in [-0.05, 0) is 30.3 Å². The van der Waals surface area contributed by atoms with Crippen LogP contribution in [0.25, 0.3) is 11.5 Å². The lowest BCUT2D eigenvalue weighted by Gasteiger charge is -2.04. The number of benzene rings is 2. The minimum absolute atomic E-state index is 0.0275.